The number of nitrogens with zero attached hydrogens (tertiary/aromatic N) is 3. The van der Waals surface area contributed by atoms with E-state index in [0.717, 1.165) is 12.0 Å². The predicted molar refractivity (Wildman–Crippen MR) is 80.8 cm³/mol. The van der Waals surface area contributed by atoms with Gasteiger partial charge in [0.05, 0.1) is 13.1 Å². The van der Waals surface area contributed by atoms with E-state index in [1.165, 1.54) is 11.2 Å². The number of nitrogens with two attached hydrogens (primary N) is 2. The Morgan fingerprint density at radius 1 is 1.19 bits per heavy atom. The van der Waals surface area contributed by atoms with E-state index in [1.54, 1.807) is 0 Å². The lowest BCUT2D eigenvalue weighted by molar-refractivity contribution is -0.117. The minimum Gasteiger partial charge on any atom is -0.370 e. The van der Waals surface area contributed by atoms with Gasteiger partial charge in [-0.05, 0) is 13.3 Å². The van der Waals surface area contributed by atoms with E-state index >= 15 is 0 Å². The smallest absolute Gasteiger partial charge is 0.237 e. The summed E-state index contributed by atoms with van der Waals surface area (Å²) in [4.78, 5) is 32.3. The van der Waals surface area contributed by atoms with Gasteiger partial charge in [-0.1, -0.05) is 13.3 Å². The summed E-state index contributed by atoms with van der Waals surface area (Å²) >= 11 is 0. The van der Waals surface area contributed by atoms with E-state index in [1.807, 2.05) is 13.8 Å². The molecule has 0 aliphatic carbocycles. The van der Waals surface area contributed by atoms with Gasteiger partial charge in [-0.25, -0.2) is 9.97 Å². The van der Waals surface area contributed by atoms with E-state index in [-0.39, 0.29) is 13.1 Å². The van der Waals surface area contributed by atoms with E-state index in [2.05, 4.69) is 15.3 Å². The molecule has 0 aliphatic rings. The average molecular weight is 294 g/mol. The number of rotatable bonds is 9. The third-order valence-electron chi connectivity index (χ3n) is 2.76. The van der Waals surface area contributed by atoms with Crippen molar-refractivity contribution in [3.05, 3.63) is 11.9 Å². The zero-order chi connectivity index (χ0) is 15.8. The quantitative estimate of drug-likeness (QED) is 0.570. The molecule has 2 amide bonds. The number of carbonyl (C=O) groups is 2. The van der Waals surface area contributed by atoms with Gasteiger partial charge in [0.25, 0.3) is 0 Å². The molecule has 0 spiro atoms. The molecule has 0 atom stereocenters. The number of anilines is 2. The van der Waals surface area contributed by atoms with Gasteiger partial charge in [0, 0.05) is 12.1 Å². The highest BCUT2D eigenvalue weighted by atomic mass is 16.2. The molecule has 1 heterocycles. The van der Waals surface area contributed by atoms with Crippen molar-refractivity contribution in [2.75, 3.05) is 29.9 Å². The third kappa shape index (κ3) is 4.90. The molecule has 0 bridgehead atoms. The number of nitrogens with one attached hydrogen (secondary N) is 1. The lowest BCUT2D eigenvalue weighted by Crippen LogP contribution is -2.40. The number of carbonyl (C=O) groups excluding carboxylic acids is 2. The topological polar surface area (TPSA) is 127 Å². The van der Waals surface area contributed by atoms with Crippen LogP contribution in [-0.2, 0) is 16.0 Å². The van der Waals surface area contributed by atoms with Gasteiger partial charge < -0.3 is 21.7 Å². The number of amides is 2. The SMILES string of the molecule is CCCc1c(NCC)ncnc1N(CC(N)=O)CC(N)=O. The number of primary amides is 2. The highest BCUT2D eigenvalue weighted by Crippen LogP contribution is 2.24. The van der Waals surface area contributed by atoms with Crippen molar-refractivity contribution in [1.82, 2.24) is 9.97 Å². The molecule has 5 N–H and O–H groups in total. The van der Waals surface area contributed by atoms with Gasteiger partial charge in [-0.15, -0.1) is 0 Å². The van der Waals surface area contributed by atoms with Crippen molar-refractivity contribution in [3.8, 4) is 0 Å². The fourth-order valence-corrected chi connectivity index (χ4v) is 2.06. The Morgan fingerprint density at radius 2 is 1.81 bits per heavy atom. The summed E-state index contributed by atoms with van der Waals surface area (Å²) in [7, 11) is 0. The maximum atomic E-state index is 11.2. The molecular formula is C13H22N6O2. The van der Waals surface area contributed by atoms with Crippen molar-refractivity contribution in [1.29, 1.82) is 0 Å². The van der Waals surface area contributed by atoms with Gasteiger partial charge in [-0.3, -0.25) is 9.59 Å². The normalized spacial score (nSPS) is 10.2. The molecule has 0 radical (unpaired) electrons. The fraction of sp³-hybridized carbons (Fsp3) is 0.538. The molecule has 0 saturated heterocycles. The van der Waals surface area contributed by atoms with E-state index in [0.29, 0.717) is 24.6 Å². The first kappa shape index (κ1) is 16.7. The van der Waals surface area contributed by atoms with Gasteiger partial charge in [0.2, 0.25) is 11.8 Å². The molecule has 1 aromatic rings. The Balaban J connectivity index is 3.23. The molecular weight excluding hydrogens is 272 g/mol. The maximum Gasteiger partial charge on any atom is 0.237 e. The summed E-state index contributed by atoms with van der Waals surface area (Å²) in [6.45, 7) is 4.45. The summed E-state index contributed by atoms with van der Waals surface area (Å²) in [5.74, 6) is 0.105. The maximum absolute atomic E-state index is 11.2. The second-order valence-electron chi connectivity index (χ2n) is 4.59. The minimum absolute atomic E-state index is 0.123. The van der Waals surface area contributed by atoms with Gasteiger partial charge in [0.1, 0.15) is 18.0 Å². The molecule has 0 fully saturated rings. The second-order valence-corrected chi connectivity index (χ2v) is 4.59. The molecule has 0 aromatic carbocycles. The van der Waals surface area contributed by atoms with Gasteiger partial charge >= 0.3 is 0 Å². The van der Waals surface area contributed by atoms with Crippen LogP contribution in [0.2, 0.25) is 0 Å². The number of aromatic nitrogens is 2. The lowest BCUT2D eigenvalue weighted by Gasteiger charge is -2.24. The van der Waals surface area contributed by atoms with Crippen LogP contribution < -0.4 is 21.7 Å². The van der Waals surface area contributed by atoms with Crippen LogP contribution in [0, 0.1) is 0 Å². The summed E-state index contributed by atoms with van der Waals surface area (Å²) < 4.78 is 0. The fourth-order valence-electron chi connectivity index (χ4n) is 2.06. The molecule has 8 nitrogen and oxygen atoms in total. The first-order valence-electron chi connectivity index (χ1n) is 6.88. The summed E-state index contributed by atoms with van der Waals surface area (Å²) in [6, 6.07) is 0. The predicted octanol–water partition coefficient (Wildman–Crippen LogP) is -0.362. The number of hydrogen-bond acceptors (Lipinski definition) is 6. The number of hydrogen-bond donors (Lipinski definition) is 3. The highest BCUT2D eigenvalue weighted by Gasteiger charge is 2.19. The van der Waals surface area contributed by atoms with Crippen LogP contribution >= 0.6 is 0 Å². The Hall–Kier alpha value is -2.38. The van der Waals surface area contributed by atoms with Gasteiger partial charge in [-0.2, -0.15) is 0 Å². The lowest BCUT2D eigenvalue weighted by atomic mass is 10.1. The molecule has 0 aliphatic heterocycles. The van der Waals surface area contributed by atoms with Crippen LogP contribution in [0.3, 0.4) is 0 Å². The van der Waals surface area contributed by atoms with Crippen molar-refractivity contribution in [3.63, 3.8) is 0 Å². The summed E-state index contributed by atoms with van der Waals surface area (Å²) in [5.41, 5.74) is 11.3. The van der Waals surface area contributed by atoms with E-state index in [9.17, 15) is 9.59 Å². The molecule has 0 unspecified atom stereocenters. The van der Waals surface area contributed by atoms with Crippen molar-refractivity contribution in [2.24, 2.45) is 11.5 Å². The monoisotopic (exact) mass is 294 g/mol. The third-order valence-corrected chi connectivity index (χ3v) is 2.76. The molecule has 21 heavy (non-hydrogen) atoms. The Labute approximate surface area is 123 Å². The molecule has 1 rings (SSSR count). The van der Waals surface area contributed by atoms with Crippen molar-refractivity contribution in [2.45, 2.75) is 26.7 Å². The van der Waals surface area contributed by atoms with Crippen LogP contribution in [0.4, 0.5) is 11.6 Å². The first-order valence-corrected chi connectivity index (χ1v) is 6.88. The molecule has 1 aromatic heterocycles. The molecule has 0 saturated carbocycles. The van der Waals surface area contributed by atoms with Crippen LogP contribution in [0.15, 0.2) is 6.33 Å². The minimum atomic E-state index is -0.553. The van der Waals surface area contributed by atoms with Crippen LogP contribution in [-0.4, -0.2) is 41.4 Å². The van der Waals surface area contributed by atoms with Crippen molar-refractivity contribution < 1.29 is 9.59 Å². The Morgan fingerprint density at radius 3 is 2.29 bits per heavy atom. The average Bonchev–Trinajstić information content (AvgIpc) is 2.39. The Bertz CT molecular complexity index is 489. The Kier molecular flexibility index (Phi) is 6.38. The van der Waals surface area contributed by atoms with Gasteiger partial charge in [0.15, 0.2) is 0 Å². The highest BCUT2D eigenvalue weighted by molar-refractivity contribution is 5.85. The molecule has 116 valence electrons. The zero-order valence-corrected chi connectivity index (χ0v) is 12.4. The summed E-state index contributed by atoms with van der Waals surface area (Å²) in [6.07, 6.45) is 2.98. The standard InChI is InChI=1S/C13H22N6O2/c1-3-5-9-12(16-4-2)17-8-18-13(9)19(6-10(14)20)7-11(15)21/h8H,3-7H2,1-2H3,(H2,14,20)(H2,15,21)(H,16,17,18). The zero-order valence-electron chi connectivity index (χ0n) is 12.4. The van der Waals surface area contributed by atoms with Crippen molar-refractivity contribution >= 4 is 23.5 Å². The van der Waals surface area contributed by atoms with E-state index < -0.39 is 11.8 Å². The van der Waals surface area contributed by atoms with Crippen LogP contribution in [0.5, 0.6) is 0 Å². The van der Waals surface area contributed by atoms with Crippen LogP contribution in [0.1, 0.15) is 25.8 Å². The second kappa shape index (κ2) is 8.03. The summed E-state index contributed by atoms with van der Waals surface area (Å²) in [5, 5.41) is 3.15. The molecule has 8 heteroatoms. The van der Waals surface area contributed by atoms with E-state index in [4.69, 9.17) is 11.5 Å². The first-order chi connectivity index (χ1) is 9.99. The largest absolute Gasteiger partial charge is 0.370 e. The van der Waals surface area contributed by atoms with Crippen LogP contribution in [0.25, 0.3) is 0 Å².